The van der Waals surface area contributed by atoms with E-state index < -0.39 is 17.3 Å². The van der Waals surface area contributed by atoms with Gasteiger partial charge in [0.15, 0.2) is 5.69 Å². The summed E-state index contributed by atoms with van der Waals surface area (Å²) in [6, 6.07) is 1.51. The number of aliphatic carboxylic acids is 1. The third-order valence-electron chi connectivity index (χ3n) is 2.76. The predicted octanol–water partition coefficient (Wildman–Crippen LogP) is 0.578. The number of carboxylic acid groups (broad SMARTS) is 1. The molecule has 0 saturated heterocycles. The van der Waals surface area contributed by atoms with Gasteiger partial charge >= 0.3 is 5.97 Å². The van der Waals surface area contributed by atoms with Crippen molar-refractivity contribution in [3.05, 3.63) is 17.5 Å². The number of hydrogen-bond acceptors (Lipinski definition) is 4. The van der Waals surface area contributed by atoms with E-state index in [4.69, 9.17) is 9.63 Å². The van der Waals surface area contributed by atoms with Crippen molar-refractivity contribution < 1.29 is 19.2 Å². The average Bonchev–Trinajstić information content (AvgIpc) is 2.92. The van der Waals surface area contributed by atoms with Gasteiger partial charge in [-0.15, -0.1) is 0 Å². The third-order valence-corrected chi connectivity index (χ3v) is 2.76. The number of aromatic nitrogens is 1. The van der Waals surface area contributed by atoms with Crippen LogP contribution in [0.1, 0.15) is 29.1 Å². The minimum Gasteiger partial charge on any atom is -0.481 e. The molecular weight excluding hydrogens is 212 g/mol. The van der Waals surface area contributed by atoms with Crippen LogP contribution in [0.25, 0.3) is 0 Å². The molecule has 6 heteroatoms. The molecule has 1 aliphatic rings. The molecule has 0 aliphatic heterocycles. The van der Waals surface area contributed by atoms with Gasteiger partial charge in [0.25, 0.3) is 5.91 Å². The van der Waals surface area contributed by atoms with Crippen LogP contribution in [0.3, 0.4) is 0 Å². The molecule has 2 rings (SSSR count). The minimum absolute atomic E-state index is 0.146. The zero-order valence-electron chi connectivity index (χ0n) is 8.82. The van der Waals surface area contributed by atoms with Gasteiger partial charge in [0, 0.05) is 12.6 Å². The van der Waals surface area contributed by atoms with Gasteiger partial charge in [0.1, 0.15) is 5.76 Å². The molecule has 86 valence electrons. The molecule has 2 N–H and O–H groups in total. The first-order valence-electron chi connectivity index (χ1n) is 4.98. The van der Waals surface area contributed by atoms with Crippen LogP contribution in [0.2, 0.25) is 0 Å². The summed E-state index contributed by atoms with van der Waals surface area (Å²) in [6.45, 7) is 1.83. The summed E-state index contributed by atoms with van der Waals surface area (Å²) in [4.78, 5) is 22.4. The zero-order valence-corrected chi connectivity index (χ0v) is 8.82. The van der Waals surface area contributed by atoms with E-state index >= 15 is 0 Å². The molecule has 0 bridgehead atoms. The van der Waals surface area contributed by atoms with Crippen LogP contribution < -0.4 is 5.32 Å². The molecule has 0 radical (unpaired) electrons. The van der Waals surface area contributed by atoms with E-state index in [2.05, 4.69) is 10.5 Å². The van der Waals surface area contributed by atoms with Crippen LogP contribution in [-0.2, 0) is 4.79 Å². The minimum atomic E-state index is -0.857. The number of carbonyl (C=O) groups excluding carboxylic acids is 1. The highest BCUT2D eigenvalue weighted by atomic mass is 16.5. The highest BCUT2D eigenvalue weighted by Gasteiger charge is 2.50. The van der Waals surface area contributed by atoms with Crippen molar-refractivity contribution in [2.24, 2.45) is 5.41 Å². The lowest BCUT2D eigenvalue weighted by molar-refractivity contribution is -0.143. The molecule has 6 nitrogen and oxygen atoms in total. The van der Waals surface area contributed by atoms with E-state index in [1.165, 1.54) is 6.07 Å². The lowest BCUT2D eigenvalue weighted by Gasteiger charge is -2.09. The topological polar surface area (TPSA) is 92.4 Å². The van der Waals surface area contributed by atoms with Crippen LogP contribution in [-0.4, -0.2) is 28.7 Å². The molecule has 1 aromatic rings. The van der Waals surface area contributed by atoms with Crippen molar-refractivity contribution in [1.82, 2.24) is 10.5 Å². The first-order chi connectivity index (χ1) is 7.53. The highest BCUT2D eigenvalue weighted by Crippen LogP contribution is 2.45. The summed E-state index contributed by atoms with van der Waals surface area (Å²) in [6.07, 6.45) is 1.22. The predicted molar refractivity (Wildman–Crippen MR) is 52.9 cm³/mol. The fraction of sp³-hybridized carbons (Fsp3) is 0.500. The quantitative estimate of drug-likeness (QED) is 0.780. The molecule has 1 amide bonds. The van der Waals surface area contributed by atoms with Crippen molar-refractivity contribution in [3.8, 4) is 0 Å². The molecule has 1 fully saturated rings. The fourth-order valence-corrected chi connectivity index (χ4v) is 1.43. The van der Waals surface area contributed by atoms with E-state index in [1.807, 2.05) is 0 Å². The second kappa shape index (κ2) is 3.62. The number of carbonyl (C=O) groups is 2. The van der Waals surface area contributed by atoms with E-state index in [-0.39, 0.29) is 12.2 Å². The smallest absolute Gasteiger partial charge is 0.311 e. The standard InChI is InChI=1S/C10H12N2O4/c1-6-4-7(12-16-6)8(13)11-5-10(2-3-10)9(14)15/h4H,2-3,5H2,1H3,(H,11,13)(H,14,15). The molecule has 0 unspecified atom stereocenters. The van der Waals surface area contributed by atoms with Gasteiger partial charge in [-0.25, -0.2) is 0 Å². The summed E-state index contributed by atoms with van der Waals surface area (Å²) in [5.74, 6) is -0.710. The highest BCUT2D eigenvalue weighted by molar-refractivity contribution is 5.92. The molecule has 1 aliphatic carbocycles. The Kier molecular flexibility index (Phi) is 2.41. The van der Waals surface area contributed by atoms with Gasteiger partial charge in [0.05, 0.1) is 5.41 Å². The summed E-state index contributed by atoms with van der Waals surface area (Å²) < 4.78 is 4.75. The van der Waals surface area contributed by atoms with Gasteiger partial charge in [-0.2, -0.15) is 0 Å². The van der Waals surface area contributed by atoms with Crippen molar-refractivity contribution >= 4 is 11.9 Å². The lowest BCUT2D eigenvalue weighted by Crippen LogP contribution is -2.34. The Labute approximate surface area is 91.6 Å². The van der Waals surface area contributed by atoms with Crippen LogP contribution >= 0.6 is 0 Å². The number of carboxylic acids is 1. The second-order valence-corrected chi connectivity index (χ2v) is 4.09. The van der Waals surface area contributed by atoms with Crippen molar-refractivity contribution in [1.29, 1.82) is 0 Å². The van der Waals surface area contributed by atoms with E-state index in [0.29, 0.717) is 18.6 Å². The maximum Gasteiger partial charge on any atom is 0.311 e. The first-order valence-corrected chi connectivity index (χ1v) is 4.98. The molecule has 1 saturated carbocycles. The summed E-state index contributed by atoms with van der Waals surface area (Å²) in [5.41, 5.74) is -0.576. The van der Waals surface area contributed by atoms with Gasteiger partial charge in [-0.05, 0) is 19.8 Å². The number of amides is 1. The maximum absolute atomic E-state index is 11.5. The molecule has 1 aromatic heterocycles. The average molecular weight is 224 g/mol. The maximum atomic E-state index is 11.5. The summed E-state index contributed by atoms with van der Waals surface area (Å²) >= 11 is 0. The van der Waals surface area contributed by atoms with Crippen LogP contribution in [0.15, 0.2) is 10.6 Å². The van der Waals surface area contributed by atoms with Gasteiger partial charge < -0.3 is 14.9 Å². The Morgan fingerprint density at radius 2 is 2.31 bits per heavy atom. The molecule has 1 heterocycles. The monoisotopic (exact) mass is 224 g/mol. The Hall–Kier alpha value is -1.85. The van der Waals surface area contributed by atoms with E-state index in [9.17, 15) is 9.59 Å². The molecule has 0 atom stereocenters. The molecule has 0 spiro atoms. The van der Waals surface area contributed by atoms with E-state index in [1.54, 1.807) is 6.92 Å². The summed E-state index contributed by atoms with van der Waals surface area (Å²) in [7, 11) is 0. The third kappa shape index (κ3) is 1.91. The van der Waals surface area contributed by atoms with E-state index in [0.717, 1.165) is 0 Å². The molecule has 0 aromatic carbocycles. The normalized spacial score (nSPS) is 16.8. The largest absolute Gasteiger partial charge is 0.481 e. The van der Waals surface area contributed by atoms with Crippen LogP contribution in [0.5, 0.6) is 0 Å². The molecular formula is C10H12N2O4. The number of nitrogens with one attached hydrogen (secondary N) is 1. The Balaban J connectivity index is 1.92. The van der Waals surface area contributed by atoms with Crippen molar-refractivity contribution in [2.75, 3.05) is 6.54 Å². The fourth-order valence-electron chi connectivity index (χ4n) is 1.43. The molecule has 16 heavy (non-hydrogen) atoms. The number of rotatable bonds is 4. The van der Waals surface area contributed by atoms with Gasteiger partial charge in [-0.3, -0.25) is 9.59 Å². The number of hydrogen-bond donors (Lipinski definition) is 2. The van der Waals surface area contributed by atoms with Gasteiger partial charge in [-0.1, -0.05) is 5.16 Å². The van der Waals surface area contributed by atoms with Crippen molar-refractivity contribution in [3.63, 3.8) is 0 Å². The number of aryl methyl sites for hydroxylation is 1. The Morgan fingerprint density at radius 3 is 2.75 bits per heavy atom. The lowest BCUT2D eigenvalue weighted by atomic mass is 10.1. The number of nitrogens with zero attached hydrogens (tertiary/aromatic N) is 1. The van der Waals surface area contributed by atoms with Crippen molar-refractivity contribution in [2.45, 2.75) is 19.8 Å². The Bertz CT molecular complexity index is 434. The first kappa shape index (κ1) is 10.7. The van der Waals surface area contributed by atoms with Crippen LogP contribution in [0.4, 0.5) is 0 Å². The second-order valence-electron chi connectivity index (χ2n) is 4.09. The zero-order chi connectivity index (χ0) is 11.8. The van der Waals surface area contributed by atoms with Crippen LogP contribution in [0, 0.1) is 12.3 Å². The summed E-state index contributed by atoms with van der Waals surface area (Å²) in [5, 5.41) is 15.0. The Morgan fingerprint density at radius 1 is 1.62 bits per heavy atom. The SMILES string of the molecule is Cc1cc(C(=O)NCC2(C(=O)O)CC2)no1. The van der Waals surface area contributed by atoms with Gasteiger partial charge in [0.2, 0.25) is 0 Å².